The van der Waals surface area contributed by atoms with Crippen molar-refractivity contribution in [2.45, 2.75) is 26.2 Å². The van der Waals surface area contributed by atoms with Gasteiger partial charge in [-0.2, -0.15) is 5.10 Å². The van der Waals surface area contributed by atoms with Crippen LogP contribution in [-0.4, -0.2) is 15.7 Å². The number of hydrogen-bond acceptors (Lipinski definition) is 2. The second kappa shape index (κ2) is 5.22. The molecule has 0 radical (unpaired) electrons. The molecule has 2 rings (SSSR count). The van der Waals surface area contributed by atoms with Crippen molar-refractivity contribution >= 4 is 12.0 Å². The number of nitrogens with zero attached hydrogens (tertiary/aromatic N) is 2. The van der Waals surface area contributed by atoms with Gasteiger partial charge in [0.1, 0.15) is 0 Å². The third-order valence-electron chi connectivity index (χ3n) is 2.93. The molecule has 0 fully saturated rings. The Kier molecular flexibility index (Phi) is 3.65. The first-order chi connectivity index (χ1) is 8.97. The molecule has 0 amide bonds. The molecule has 19 heavy (non-hydrogen) atoms. The van der Waals surface area contributed by atoms with E-state index >= 15 is 0 Å². The second-order valence-electron chi connectivity index (χ2n) is 5.49. The zero-order valence-electron chi connectivity index (χ0n) is 11.5. The lowest BCUT2D eigenvalue weighted by molar-refractivity contribution is 0.0955. The normalized spacial score (nSPS) is 11.9. The molecule has 0 aliphatic heterocycles. The summed E-state index contributed by atoms with van der Waals surface area (Å²) in [6.07, 6.45) is 6.55. The largest absolute Gasteiger partial charge is 0.270 e. The van der Waals surface area contributed by atoms with Gasteiger partial charge in [0.2, 0.25) is 0 Å². The van der Waals surface area contributed by atoms with E-state index in [-0.39, 0.29) is 11.3 Å². The van der Waals surface area contributed by atoms with Gasteiger partial charge in [-0.1, -0.05) is 45.0 Å². The number of allylic oxidation sites excluding steroid dienone is 1. The van der Waals surface area contributed by atoms with Crippen LogP contribution in [-0.2, 0) is 5.41 Å². The maximum Gasteiger partial charge on any atom is 0.270 e. The van der Waals surface area contributed by atoms with Crippen molar-refractivity contribution in [2.24, 2.45) is 0 Å². The van der Waals surface area contributed by atoms with Crippen molar-refractivity contribution < 1.29 is 4.79 Å². The molecule has 1 aromatic carbocycles. The smallest absolute Gasteiger partial charge is 0.267 e. The molecular formula is C16H18N2O. The van der Waals surface area contributed by atoms with Gasteiger partial charge in [-0.25, -0.2) is 4.68 Å². The Morgan fingerprint density at radius 3 is 2.42 bits per heavy atom. The minimum atomic E-state index is -0.148. The quantitative estimate of drug-likeness (QED) is 0.768. The van der Waals surface area contributed by atoms with E-state index in [2.05, 4.69) is 38.0 Å². The minimum Gasteiger partial charge on any atom is -0.267 e. The van der Waals surface area contributed by atoms with E-state index in [1.54, 1.807) is 24.5 Å². The average molecular weight is 254 g/mol. The number of rotatable bonds is 2. The van der Waals surface area contributed by atoms with E-state index in [4.69, 9.17) is 0 Å². The highest BCUT2D eigenvalue weighted by Gasteiger charge is 2.12. The van der Waals surface area contributed by atoms with Crippen molar-refractivity contribution in [1.29, 1.82) is 0 Å². The van der Waals surface area contributed by atoms with Gasteiger partial charge in [0.15, 0.2) is 0 Å². The number of carbonyl (C=O) groups excluding carboxylic acids is 1. The van der Waals surface area contributed by atoms with Crippen LogP contribution < -0.4 is 0 Å². The molecule has 0 aliphatic carbocycles. The Labute approximate surface area is 113 Å². The monoisotopic (exact) mass is 254 g/mol. The first-order valence-corrected chi connectivity index (χ1v) is 6.29. The molecule has 98 valence electrons. The second-order valence-corrected chi connectivity index (χ2v) is 5.49. The summed E-state index contributed by atoms with van der Waals surface area (Å²) >= 11 is 0. The van der Waals surface area contributed by atoms with Crippen LogP contribution in [0.5, 0.6) is 0 Å². The summed E-state index contributed by atoms with van der Waals surface area (Å²) in [6, 6.07) is 9.96. The van der Waals surface area contributed by atoms with E-state index in [1.165, 1.54) is 16.3 Å². The number of carbonyl (C=O) groups is 1. The van der Waals surface area contributed by atoms with Gasteiger partial charge in [-0.3, -0.25) is 4.79 Å². The number of benzene rings is 1. The standard InChI is InChI=1S/C16H18N2O/c1-16(2,3)14-8-5-13(6-9-14)7-10-15(19)18-12-4-11-17-18/h4-12H,1-3H3. The van der Waals surface area contributed by atoms with Crippen LogP contribution in [0.4, 0.5) is 0 Å². The first-order valence-electron chi connectivity index (χ1n) is 6.29. The highest BCUT2D eigenvalue weighted by Crippen LogP contribution is 2.22. The van der Waals surface area contributed by atoms with Crippen LogP contribution in [0, 0.1) is 0 Å². The summed E-state index contributed by atoms with van der Waals surface area (Å²) in [5.74, 6) is -0.148. The Morgan fingerprint density at radius 1 is 1.21 bits per heavy atom. The summed E-state index contributed by atoms with van der Waals surface area (Å²) < 4.78 is 1.31. The third-order valence-corrected chi connectivity index (χ3v) is 2.93. The van der Waals surface area contributed by atoms with Crippen LogP contribution >= 0.6 is 0 Å². The molecule has 1 heterocycles. The summed E-state index contributed by atoms with van der Waals surface area (Å²) in [5.41, 5.74) is 2.43. The molecule has 0 bridgehead atoms. The van der Waals surface area contributed by atoms with E-state index in [0.717, 1.165) is 5.56 Å². The van der Waals surface area contributed by atoms with Crippen LogP contribution in [0.3, 0.4) is 0 Å². The zero-order chi connectivity index (χ0) is 13.9. The van der Waals surface area contributed by atoms with E-state index in [1.807, 2.05) is 12.1 Å². The van der Waals surface area contributed by atoms with Crippen molar-refractivity contribution in [3.63, 3.8) is 0 Å². The zero-order valence-corrected chi connectivity index (χ0v) is 11.5. The summed E-state index contributed by atoms with van der Waals surface area (Å²) in [5, 5.41) is 3.89. The Hall–Kier alpha value is -2.16. The fourth-order valence-corrected chi connectivity index (χ4v) is 1.74. The lowest BCUT2D eigenvalue weighted by Crippen LogP contribution is -2.10. The molecular weight excluding hydrogens is 236 g/mol. The van der Waals surface area contributed by atoms with Crippen molar-refractivity contribution in [3.05, 3.63) is 59.9 Å². The third kappa shape index (κ3) is 3.41. The van der Waals surface area contributed by atoms with Crippen LogP contribution in [0.25, 0.3) is 6.08 Å². The maximum atomic E-state index is 11.7. The summed E-state index contributed by atoms with van der Waals surface area (Å²) in [4.78, 5) is 11.7. The Bertz CT molecular complexity index is 572. The van der Waals surface area contributed by atoms with Gasteiger partial charge in [-0.15, -0.1) is 0 Å². The topological polar surface area (TPSA) is 34.9 Å². The molecule has 0 aliphatic rings. The van der Waals surface area contributed by atoms with Gasteiger partial charge < -0.3 is 0 Å². The molecule has 2 aromatic rings. The first kappa shape index (κ1) is 13.3. The molecule has 0 N–H and O–H groups in total. The fourth-order valence-electron chi connectivity index (χ4n) is 1.74. The fraction of sp³-hybridized carbons (Fsp3) is 0.250. The van der Waals surface area contributed by atoms with Crippen molar-refractivity contribution in [2.75, 3.05) is 0 Å². The summed E-state index contributed by atoms with van der Waals surface area (Å²) in [7, 11) is 0. The number of aromatic nitrogens is 2. The maximum absolute atomic E-state index is 11.7. The molecule has 0 saturated carbocycles. The van der Waals surface area contributed by atoms with Gasteiger partial charge in [0.05, 0.1) is 0 Å². The van der Waals surface area contributed by atoms with Gasteiger partial charge >= 0.3 is 0 Å². The number of hydrogen-bond donors (Lipinski definition) is 0. The Morgan fingerprint density at radius 2 is 1.89 bits per heavy atom. The molecule has 0 atom stereocenters. The lowest BCUT2D eigenvalue weighted by atomic mass is 9.87. The molecule has 0 unspecified atom stereocenters. The molecule has 3 nitrogen and oxygen atoms in total. The van der Waals surface area contributed by atoms with Crippen LogP contribution in [0.2, 0.25) is 0 Å². The van der Waals surface area contributed by atoms with Gasteiger partial charge in [0, 0.05) is 18.5 Å². The summed E-state index contributed by atoms with van der Waals surface area (Å²) in [6.45, 7) is 6.54. The Balaban J connectivity index is 2.10. The van der Waals surface area contributed by atoms with Gasteiger partial charge in [-0.05, 0) is 28.7 Å². The highest BCUT2D eigenvalue weighted by molar-refractivity contribution is 5.92. The lowest BCUT2D eigenvalue weighted by Gasteiger charge is -2.18. The minimum absolute atomic E-state index is 0.146. The predicted octanol–water partition coefficient (Wildman–Crippen LogP) is 3.53. The van der Waals surface area contributed by atoms with Crippen LogP contribution in [0.15, 0.2) is 48.8 Å². The van der Waals surface area contributed by atoms with Crippen molar-refractivity contribution in [3.8, 4) is 0 Å². The van der Waals surface area contributed by atoms with E-state index in [9.17, 15) is 4.79 Å². The predicted molar refractivity (Wildman–Crippen MR) is 77.0 cm³/mol. The average Bonchev–Trinajstić information content (AvgIpc) is 2.89. The molecule has 0 saturated heterocycles. The van der Waals surface area contributed by atoms with E-state index in [0.29, 0.717) is 0 Å². The molecule has 1 aromatic heterocycles. The van der Waals surface area contributed by atoms with Gasteiger partial charge in [0.25, 0.3) is 5.91 Å². The molecule has 0 spiro atoms. The SMILES string of the molecule is CC(C)(C)c1ccc(C=CC(=O)n2cccn2)cc1. The highest BCUT2D eigenvalue weighted by atomic mass is 16.2. The van der Waals surface area contributed by atoms with Crippen molar-refractivity contribution in [1.82, 2.24) is 9.78 Å². The molecule has 3 heteroatoms. The van der Waals surface area contributed by atoms with Crippen LogP contribution in [0.1, 0.15) is 36.7 Å². The van der Waals surface area contributed by atoms with E-state index < -0.39 is 0 Å².